The summed E-state index contributed by atoms with van der Waals surface area (Å²) < 4.78 is 6.09. The van der Waals surface area contributed by atoms with E-state index in [0.29, 0.717) is 15.2 Å². The number of benzene rings is 2. The number of aryl methyl sites for hydroxylation is 1. The van der Waals surface area contributed by atoms with Gasteiger partial charge in [-0.05, 0) is 52.5 Å². The van der Waals surface area contributed by atoms with Crippen LogP contribution < -0.4 is 10.2 Å². The zero-order valence-corrected chi connectivity index (χ0v) is 14.7. The molecule has 0 fully saturated rings. The summed E-state index contributed by atoms with van der Waals surface area (Å²) >= 11 is 9.16. The Labute approximate surface area is 148 Å². The van der Waals surface area contributed by atoms with Crippen LogP contribution in [0.25, 0.3) is 0 Å². The summed E-state index contributed by atoms with van der Waals surface area (Å²) in [5.41, 5.74) is 3.67. The zero-order valence-electron chi connectivity index (χ0n) is 12.3. The summed E-state index contributed by atoms with van der Waals surface area (Å²) in [6, 6.07) is 15.2. The van der Waals surface area contributed by atoms with Gasteiger partial charge in [0.25, 0.3) is 5.91 Å². The molecule has 0 heterocycles. The minimum absolute atomic E-state index is 0.115. The fraction of sp³-hybridized carbons (Fsp3) is 0.176. The molecule has 0 aliphatic heterocycles. The molecule has 120 valence electrons. The lowest BCUT2D eigenvalue weighted by Crippen LogP contribution is -2.24. The number of halogens is 2. The Morgan fingerprint density at radius 2 is 2.04 bits per heavy atom. The second-order valence-corrected chi connectivity index (χ2v) is 6.03. The Morgan fingerprint density at radius 1 is 1.26 bits per heavy atom. The molecule has 0 aliphatic carbocycles. The molecule has 6 heteroatoms. The summed E-state index contributed by atoms with van der Waals surface area (Å²) in [4.78, 5) is 11.6. The number of nitrogens with one attached hydrogen (secondary N) is 1. The van der Waals surface area contributed by atoms with Crippen molar-refractivity contribution in [2.45, 2.75) is 12.8 Å². The van der Waals surface area contributed by atoms with Crippen molar-refractivity contribution in [1.82, 2.24) is 5.43 Å². The van der Waals surface area contributed by atoms with Crippen molar-refractivity contribution >= 4 is 39.7 Å². The molecule has 23 heavy (non-hydrogen) atoms. The highest BCUT2D eigenvalue weighted by Crippen LogP contribution is 2.27. The fourth-order valence-corrected chi connectivity index (χ4v) is 2.62. The third kappa shape index (κ3) is 6.42. The van der Waals surface area contributed by atoms with Crippen molar-refractivity contribution < 1.29 is 9.53 Å². The van der Waals surface area contributed by atoms with Crippen LogP contribution in [-0.4, -0.2) is 18.7 Å². The van der Waals surface area contributed by atoms with Crippen LogP contribution >= 0.6 is 27.5 Å². The maximum Gasteiger partial charge on any atom is 0.277 e. The van der Waals surface area contributed by atoms with E-state index in [1.54, 1.807) is 24.4 Å². The standard InChI is InChI=1S/C17H16BrClN2O2/c18-15-11-14(19)8-9-16(15)23-12-17(22)21-20-10-4-7-13-5-2-1-3-6-13/h1-3,5-6,8-11H,4,7,12H2,(H,21,22). The van der Waals surface area contributed by atoms with E-state index in [1.807, 2.05) is 18.2 Å². The molecule has 0 unspecified atom stereocenters. The van der Waals surface area contributed by atoms with Gasteiger partial charge in [0, 0.05) is 11.2 Å². The van der Waals surface area contributed by atoms with Gasteiger partial charge in [-0.15, -0.1) is 0 Å². The van der Waals surface area contributed by atoms with Crippen LogP contribution in [0.15, 0.2) is 58.1 Å². The monoisotopic (exact) mass is 394 g/mol. The van der Waals surface area contributed by atoms with Crippen LogP contribution in [0.5, 0.6) is 5.75 Å². The Balaban J connectivity index is 1.67. The van der Waals surface area contributed by atoms with E-state index in [4.69, 9.17) is 16.3 Å². The first kappa shape index (κ1) is 17.5. The van der Waals surface area contributed by atoms with Crippen molar-refractivity contribution in [2.24, 2.45) is 5.10 Å². The number of nitrogens with zero attached hydrogens (tertiary/aromatic N) is 1. The molecule has 0 aromatic heterocycles. The number of carbonyl (C=O) groups excluding carboxylic acids is 1. The lowest BCUT2D eigenvalue weighted by Gasteiger charge is -2.07. The Hall–Kier alpha value is -1.85. The normalized spacial score (nSPS) is 10.7. The second kappa shape index (κ2) is 9.33. The molecular weight excluding hydrogens is 380 g/mol. The minimum Gasteiger partial charge on any atom is -0.483 e. The predicted molar refractivity (Wildman–Crippen MR) is 96.0 cm³/mol. The third-order valence-electron chi connectivity index (χ3n) is 2.94. The van der Waals surface area contributed by atoms with Gasteiger partial charge in [-0.25, -0.2) is 5.43 Å². The molecule has 2 rings (SSSR count). The average Bonchev–Trinajstić information content (AvgIpc) is 2.54. The highest BCUT2D eigenvalue weighted by Gasteiger charge is 2.05. The van der Waals surface area contributed by atoms with Gasteiger partial charge in [0.05, 0.1) is 4.47 Å². The number of rotatable bonds is 7. The van der Waals surface area contributed by atoms with Gasteiger partial charge < -0.3 is 4.74 Å². The summed E-state index contributed by atoms with van der Waals surface area (Å²) in [5, 5.41) is 4.49. The third-order valence-corrected chi connectivity index (χ3v) is 3.79. The summed E-state index contributed by atoms with van der Waals surface area (Å²) in [6.45, 7) is -0.115. The van der Waals surface area contributed by atoms with Gasteiger partial charge in [-0.3, -0.25) is 4.79 Å². The molecule has 0 saturated carbocycles. The topological polar surface area (TPSA) is 50.7 Å². The van der Waals surface area contributed by atoms with E-state index in [1.165, 1.54) is 5.56 Å². The van der Waals surface area contributed by atoms with Crippen molar-refractivity contribution in [3.63, 3.8) is 0 Å². The van der Waals surface area contributed by atoms with E-state index in [2.05, 4.69) is 38.6 Å². The highest BCUT2D eigenvalue weighted by atomic mass is 79.9. The van der Waals surface area contributed by atoms with E-state index in [0.717, 1.165) is 12.8 Å². The first-order chi connectivity index (χ1) is 11.1. The van der Waals surface area contributed by atoms with E-state index in [9.17, 15) is 4.79 Å². The van der Waals surface area contributed by atoms with Gasteiger partial charge in [-0.2, -0.15) is 5.10 Å². The number of amides is 1. The molecule has 0 aliphatic rings. The van der Waals surface area contributed by atoms with Gasteiger partial charge in [0.2, 0.25) is 0 Å². The molecule has 2 aromatic rings. The fourth-order valence-electron chi connectivity index (χ4n) is 1.83. The minimum atomic E-state index is -0.317. The van der Waals surface area contributed by atoms with Gasteiger partial charge in [0.15, 0.2) is 6.61 Å². The second-order valence-electron chi connectivity index (χ2n) is 4.73. The number of hydrogen-bond acceptors (Lipinski definition) is 3. The lowest BCUT2D eigenvalue weighted by atomic mass is 10.1. The van der Waals surface area contributed by atoms with Crippen molar-refractivity contribution in [3.8, 4) is 5.75 Å². The molecule has 0 spiro atoms. The van der Waals surface area contributed by atoms with Gasteiger partial charge in [0.1, 0.15) is 5.75 Å². The van der Waals surface area contributed by atoms with Crippen LogP contribution in [0, 0.1) is 0 Å². The molecule has 0 radical (unpaired) electrons. The van der Waals surface area contributed by atoms with Crippen LogP contribution in [0.2, 0.25) is 5.02 Å². The van der Waals surface area contributed by atoms with Crippen LogP contribution in [0.1, 0.15) is 12.0 Å². The Bertz CT molecular complexity index is 678. The molecule has 0 atom stereocenters. The maximum atomic E-state index is 11.6. The Morgan fingerprint density at radius 3 is 2.78 bits per heavy atom. The van der Waals surface area contributed by atoms with E-state index < -0.39 is 0 Å². The predicted octanol–water partition coefficient (Wildman–Crippen LogP) is 4.22. The van der Waals surface area contributed by atoms with E-state index >= 15 is 0 Å². The van der Waals surface area contributed by atoms with Crippen molar-refractivity contribution in [3.05, 3.63) is 63.6 Å². The first-order valence-electron chi connectivity index (χ1n) is 7.07. The number of hydrogen-bond donors (Lipinski definition) is 1. The number of carbonyl (C=O) groups is 1. The van der Waals surface area contributed by atoms with Crippen LogP contribution in [0.3, 0.4) is 0 Å². The number of ether oxygens (including phenoxy) is 1. The smallest absolute Gasteiger partial charge is 0.277 e. The van der Waals surface area contributed by atoms with E-state index in [-0.39, 0.29) is 12.5 Å². The zero-order chi connectivity index (χ0) is 16.5. The number of hydrazone groups is 1. The average molecular weight is 396 g/mol. The summed E-state index contributed by atoms with van der Waals surface area (Å²) in [6.07, 6.45) is 3.32. The maximum absolute atomic E-state index is 11.6. The van der Waals surface area contributed by atoms with Gasteiger partial charge in [-0.1, -0.05) is 41.9 Å². The largest absolute Gasteiger partial charge is 0.483 e. The summed E-state index contributed by atoms with van der Waals surface area (Å²) in [5.74, 6) is 0.236. The van der Waals surface area contributed by atoms with Crippen molar-refractivity contribution in [1.29, 1.82) is 0 Å². The molecule has 2 aromatic carbocycles. The molecule has 0 saturated heterocycles. The molecule has 4 nitrogen and oxygen atoms in total. The van der Waals surface area contributed by atoms with Gasteiger partial charge >= 0.3 is 0 Å². The van der Waals surface area contributed by atoms with Crippen LogP contribution in [0.4, 0.5) is 0 Å². The SMILES string of the molecule is O=C(COc1ccc(Cl)cc1Br)NN=CCCc1ccccc1. The quantitative estimate of drug-likeness (QED) is 0.564. The highest BCUT2D eigenvalue weighted by molar-refractivity contribution is 9.10. The molecule has 0 bridgehead atoms. The molecule has 1 amide bonds. The Kier molecular flexibility index (Phi) is 7.10. The lowest BCUT2D eigenvalue weighted by molar-refractivity contribution is -0.123. The molecule has 1 N–H and O–H groups in total. The first-order valence-corrected chi connectivity index (χ1v) is 8.24. The summed E-state index contributed by atoms with van der Waals surface area (Å²) in [7, 11) is 0. The molecular formula is C17H16BrClN2O2. The van der Waals surface area contributed by atoms with Crippen molar-refractivity contribution in [2.75, 3.05) is 6.61 Å². The van der Waals surface area contributed by atoms with Crippen LogP contribution in [-0.2, 0) is 11.2 Å².